The fourth-order valence-corrected chi connectivity index (χ4v) is 6.58. The molecular weight excluding hydrogens is 328 g/mol. The van der Waals surface area contributed by atoms with Crippen molar-refractivity contribution in [3.63, 3.8) is 0 Å². The summed E-state index contributed by atoms with van der Waals surface area (Å²) in [6.45, 7) is 9.81. The number of carbonyl (C=O) groups is 2. The van der Waals surface area contributed by atoms with Crippen LogP contribution in [0.5, 0.6) is 0 Å². The number of rotatable bonds is 8. The van der Waals surface area contributed by atoms with Gasteiger partial charge < -0.3 is 9.47 Å². The van der Waals surface area contributed by atoms with Crippen molar-refractivity contribution in [2.24, 2.45) is 35.5 Å². The fourth-order valence-electron chi connectivity index (χ4n) is 6.58. The molecule has 0 amide bonds. The maximum absolute atomic E-state index is 12.7. The molecule has 4 aliphatic carbocycles. The molecule has 4 aliphatic rings. The second-order valence-corrected chi connectivity index (χ2v) is 9.08. The summed E-state index contributed by atoms with van der Waals surface area (Å²) in [5.41, 5.74) is -0.366. The largest absolute Gasteiger partial charge is 0.456 e. The van der Waals surface area contributed by atoms with Crippen molar-refractivity contribution in [2.75, 3.05) is 6.61 Å². The van der Waals surface area contributed by atoms with Gasteiger partial charge in [0.15, 0.2) is 6.61 Å². The SMILES string of the molecule is C=CC(=O)OCC(=O)OC1(C(CCC)C(C)C)C2CC3CC(C2)CC1C3. The molecule has 0 aromatic rings. The first-order valence-corrected chi connectivity index (χ1v) is 10.4. The predicted molar refractivity (Wildman–Crippen MR) is 100 cm³/mol. The van der Waals surface area contributed by atoms with E-state index in [9.17, 15) is 9.59 Å². The van der Waals surface area contributed by atoms with Crippen molar-refractivity contribution in [3.05, 3.63) is 12.7 Å². The molecular formula is C22H34O4. The molecule has 0 heterocycles. The minimum Gasteiger partial charge on any atom is -0.456 e. The lowest BCUT2D eigenvalue weighted by atomic mass is 9.46. The van der Waals surface area contributed by atoms with Gasteiger partial charge in [-0.2, -0.15) is 0 Å². The standard InChI is InChI=1S/C22H34O4/c1-5-7-19(14(3)4)22(26-21(24)13-25-20(23)6-2)17-9-15-8-16(11-17)12-18(22)10-15/h6,14-19H,2,5,7-13H2,1,3-4H3. The zero-order valence-corrected chi connectivity index (χ0v) is 16.5. The van der Waals surface area contributed by atoms with Gasteiger partial charge in [0.25, 0.3) is 0 Å². The van der Waals surface area contributed by atoms with Gasteiger partial charge in [0.2, 0.25) is 0 Å². The monoisotopic (exact) mass is 362 g/mol. The van der Waals surface area contributed by atoms with E-state index in [-0.39, 0.29) is 12.2 Å². The summed E-state index contributed by atoms with van der Waals surface area (Å²) in [6, 6.07) is 0. The zero-order chi connectivity index (χ0) is 18.9. The molecule has 4 fully saturated rings. The second-order valence-electron chi connectivity index (χ2n) is 9.08. The Morgan fingerprint density at radius 3 is 2.15 bits per heavy atom. The number of hydrogen-bond donors (Lipinski definition) is 0. The predicted octanol–water partition coefficient (Wildman–Crippen LogP) is 4.53. The maximum Gasteiger partial charge on any atom is 0.344 e. The van der Waals surface area contributed by atoms with Gasteiger partial charge in [0, 0.05) is 12.0 Å². The van der Waals surface area contributed by atoms with Crippen LogP contribution < -0.4 is 0 Å². The Balaban J connectivity index is 1.86. The molecule has 146 valence electrons. The Morgan fingerprint density at radius 2 is 1.69 bits per heavy atom. The average Bonchev–Trinajstić information content (AvgIpc) is 2.60. The molecule has 4 nitrogen and oxygen atoms in total. The lowest BCUT2D eigenvalue weighted by Gasteiger charge is -2.63. The lowest BCUT2D eigenvalue weighted by Crippen LogP contribution is -2.64. The van der Waals surface area contributed by atoms with Crippen LogP contribution >= 0.6 is 0 Å². The molecule has 0 aromatic heterocycles. The molecule has 4 heteroatoms. The zero-order valence-electron chi connectivity index (χ0n) is 16.5. The topological polar surface area (TPSA) is 52.6 Å². The first kappa shape index (κ1) is 19.4. The highest BCUT2D eigenvalue weighted by Crippen LogP contribution is 2.63. The van der Waals surface area contributed by atoms with E-state index in [1.54, 1.807) is 0 Å². The van der Waals surface area contributed by atoms with Crippen LogP contribution in [0.3, 0.4) is 0 Å². The molecule has 0 aromatic carbocycles. The molecule has 0 N–H and O–H groups in total. The van der Waals surface area contributed by atoms with Gasteiger partial charge in [0.1, 0.15) is 5.60 Å². The maximum atomic E-state index is 12.7. The molecule has 0 spiro atoms. The third-order valence-electron chi connectivity index (χ3n) is 7.19. The summed E-state index contributed by atoms with van der Waals surface area (Å²) in [6.07, 6.45) is 9.41. The molecule has 0 saturated heterocycles. The Morgan fingerprint density at radius 1 is 1.12 bits per heavy atom. The van der Waals surface area contributed by atoms with Gasteiger partial charge in [-0.1, -0.05) is 33.8 Å². The second kappa shape index (κ2) is 7.74. The summed E-state index contributed by atoms with van der Waals surface area (Å²) < 4.78 is 11.3. The van der Waals surface area contributed by atoms with E-state index in [0.29, 0.717) is 23.7 Å². The number of carbonyl (C=O) groups excluding carboxylic acids is 2. The third kappa shape index (κ3) is 3.44. The minimum absolute atomic E-state index is 0.310. The van der Waals surface area contributed by atoms with Crippen molar-refractivity contribution in [3.8, 4) is 0 Å². The normalized spacial score (nSPS) is 36.0. The van der Waals surface area contributed by atoms with Crippen molar-refractivity contribution >= 4 is 11.9 Å². The van der Waals surface area contributed by atoms with E-state index in [2.05, 4.69) is 27.4 Å². The van der Waals surface area contributed by atoms with Crippen LogP contribution in [0, 0.1) is 35.5 Å². The highest BCUT2D eigenvalue weighted by molar-refractivity contribution is 5.83. The van der Waals surface area contributed by atoms with Crippen molar-refractivity contribution in [1.82, 2.24) is 0 Å². The number of hydrogen-bond acceptors (Lipinski definition) is 4. The molecule has 4 saturated carbocycles. The number of ether oxygens (including phenoxy) is 2. The molecule has 1 atom stereocenters. The minimum atomic E-state index is -0.574. The molecule has 4 bridgehead atoms. The van der Waals surface area contributed by atoms with Gasteiger partial charge in [0.05, 0.1) is 0 Å². The van der Waals surface area contributed by atoms with Crippen molar-refractivity contribution < 1.29 is 19.1 Å². The van der Waals surface area contributed by atoms with E-state index in [0.717, 1.165) is 30.8 Å². The Bertz CT molecular complexity index is 522. The van der Waals surface area contributed by atoms with E-state index >= 15 is 0 Å². The summed E-state index contributed by atoms with van der Waals surface area (Å²) >= 11 is 0. The lowest BCUT2D eigenvalue weighted by molar-refractivity contribution is -0.237. The Labute approximate surface area is 157 Å². The molecule has 1 unspecified atom stereocenters. The van der Waals surface area contributed by atoms with E-state index in [1.807, 2.05) is 0 Å². The highest BCUT2D eigenvalue weighted by Gasteiger charge is 2.62. The van der Waals surface area contributed by atoms with Crippen molar-refractivity contribution in [1.29, 1.82) is 0 Å². The Hall–Kier alpha value is -1.32. The quantitative estimate of drug-likeness (QED) is 0.470. The molecule has 26 heavy (non-hydrogen) atoms. The first-order valence-electron chi connectivity index (χ1n) is 10.4. The van der Waals surface area contributed by atoms with Crippen molar-refractivity contribution in [2.45, 2.75) is 71.3 Å². The van der Waals surface area contributed by atoms with E-state index < -0.39 is 11.9 Å². The van der Waals surface area contributed by atoms with Gasteiger partial charge in [-0.25, -0.2) is 9.59 Å². The van der Waals surface area contributed by atoms with Crippen LogP contribution in [0.25, 0.3) is 0 Å². The van der Waals surface area contributed by atoms with Gasteiger partial charge >= 0.3 is 11.9 Å². The highest BCUT2D eigenvalue weighted by atomic mass is 16.6. The van der Waals surface area contributed by atoms with E-state index in [4.69, 9.17) is 9.47 Å². The molecule has 4 rings (SSSR count). The van der Waals surface area contributed by atoms with Gasteiger partial charge in [-0.05, 0) is 68.1 Å². The van der Waals surface area contributed by atoms with Crippen LogP contribution in [0.1, 0.15) is 65.7 Å². The summed E-state index contributed by atoms with van der Waals surface area (Å²) in [7, 11) is 0. The smallest absolute Gasteiger partial charge is 0.344 e. The summed E-state index contributed by atoms with van der Waals surface area (Å²) in [5, 5.41) is 0. The van der Waals surface area contributed by atoms with Gasteiger partial charge in [-0.3, -0.25) is 0 Å². The average molecular weight is 363 g/mol. The van der Waals surface area contributed by atoms with Crippen LogP contribution in [0.4, 0.5) is 0 Å². The van der Waals surface area contributed by atoms with E-state index in [1.165, 1.54) is 32.1 Å². The summed E-state index contributed by atoms with van der Waals surface area (Å²) in [4.78, 5) is 24.0. The Kier molecular flexibility index (Phi) is 5.78. The van der Waals surface area contributed by atoms with Crippen LogP contribution in [0.15, 0.2) is 12.7 Å². The summed E-state index contributed by atoms with van der Waals surface area (Å²) in [5.74, 6) is 2.45. The van der Waals surface area contributed by atoms with Crippen LogP contribution in [-0.4, -0.2) is 24.1 Å². The first-order chi connectivity index (χ1) is 12.4. The van der Waals surface area contributed by atoms with Crippen LogP contribution in [0.2, 0.25) is 0 Å². The molecule has 0 radical (unpaired) electrons. The number of esters is 2. The fraction of sp³-hybridized carbons (Fsp3) is 0.818. The van der Waals surface area contributed by atoms with Gasteiger partial charge in [-0.15, -0.1) is 0 Å². The van der Waals surface area contributed by atoms with Crippen LogP contribution in [-0.2, 0) is 19.1 Å². The molecule has 0 aliphatic heterocycles. The third-order valence-corrected chi connectivity index (χ3v) is 7.19.